The average molecular weight is 299 g/mol. The van der Waals surface area contributed by atoms with Gasteiger partial charge in [-0.3, -0.25) is 0 Å². The first-order valence-electron chi connectivity index (χ1n) is 6.25. The number of hydrogen-bond donors (Lipinski definition) is 3. The molecule has 0 aliphatic heterocycles. The van der Waals surface area contributed by atoms with E-state index in [9.17, 15) is 14.7 Å². The Bertz CT molecular complexity index is 478. The lowest BCUT2D eigenvalue weighted by Gasteiger charge is -2.30. The van der Waals surface area contributed by atoms with E-state index < -0.39 is 29.0 Å². The number of amides is 2. The number of hydrogen-bond acceptors (Lipinski definition) is 4. The number of carboxylic acid groups (broad SMARTS) is 1. The van der Waals surface area contributed by atoms with E-state index in [1.54, 1.807) is 27.0 Å². The van der Waals surface area contributed by atoms with Gasteiger partial charge in [-0.25, -0.2) is 14.6 Å². The molecule has 1 heterocycles. The zero-order valence-electron chi connectivity index (χ0n) is 12.4. The first-order valence-corrected chi connectivity index (χ1v) is 7.13. The van der Waals surface area contributed by atoms with Gasteiger partial charge in [-0.2, -0.15) is 0 Å². The van der Waals surface area contributed by atoms with Gasteiger partial charge in [0.05, 0.1) is 5.54 Å². The fraction of sp³-hybridized carbons (Fsp3) is 0.615. The lowest BCUT2D eigenvalue weighted by Crippen LogP contribution is -2.55. The number of carboxylic acids is 1. The van der Waals surface area contributed by atoms with Crippen LogP contribution in [0.4, 0.5) is 4.79 Å². The van der Waals surface area contributed by atoms with Crippen LogP contribution in [-0.4, -0.2) is 28.1 Å². The van der Waals surface area contributed by atoms with Gasteiger partial charge < -0.3 is 15.7 Å². The quantitative estimate of drug-likeness (QED) is 0.794. The normalized spacial score (nSPS) is 13.7. The predicted octanol–water partition coefficient (Wildman–Crippen LogP) is 2.18. The van der Waals surface area contributed by atoms with Crippen molar-refractivity contribution < 1.29 is 14.7 Å². The summed E-state index contributed by atoms with van der Waals surface area (Å²) in [4.78, 5) is 27.4. The number of carbonyl (C=O) groups is 2. The monoisotopic (exact) mass is 299 g/mol. The Morgan fingerprint density at radius 2 is 1.90 bits per heavy atom. The number of aliphatic carboxylic acids is 1. The molecule has 1 aromatic heterocycles. The third kappa shape index (κ3) is 4.19. The molecule has 2 amide bonds. The molecular weight excluding hydrogens is 278 g/mol. The van der Waals surface area contributed by atoms with Crippen LogP contribution in [0.2, 0.25) is 0 Å². The van der Waals surface area contributed by atoms with Crippen molar-refractivity contribution in [3.63, 3.8) is 0 Å². The standard InChI is InChI=1S/C13H21N3O3S/c1-12(2,3)8(9(17)18)15-11(19)16-13(4,5)10-14-6-7-20-10/h6-8H,1-5H3,(H,17,18)(H2,15,16,19). The van der Waals surface area contributed by atoms with Crippen molar-refractivity contribution in [2.24, 2.45) is 5.41 Å². The Morgan fingerprint density at radius 3 is 2.30 bits per heavy atom. The van der Waals surface area contributed by atoms with Gasteiger partial charge in [-0.15, -0.1) is 11.3 Å². The van der Waals surface area contributed by atoms with Crippen LogP contribution in [0, 0.1) is 5.41 Å². The highest BCUT2D eigenvalue weighted by atomic mass is 32.1. The Labute approximate surface area is 122 Å². The maximum atomic E-state index is 12.0. The van der Waals surface area contributed by atoms with Crippen LogP contribution >= 0.6 is 11.3 Å². The molecule has 0 bridgehead atoms. The molecule has 112 valence electrons. The fourth-order valence-corrected chi connectivity index (χ4v) is 2.40. The maximum Gasteiger partial charge on any atom is 0.326 e. The largest absolute Gasteiger partial charge is 0.480 e. The second kappa shape index (κ2) is 5.78. The molecule has 0 aliphatic carbocycles. The van der Waals surface area contributed by atoms with E-state index in [4.69, 9.17) is 0 Å². The van der Waals surface area contributed by atoms with Crippen molar-refractivity contribution in [2.75, 3.05) is 0 Å². The van der Waals surface area contributed by atoms with E-state index in [0.29, 0.717) is 0 Å². The smallest absolute Gasteiger partial charge is 0.326 e. The molecule has 0 fully saturated rings. The number of rotatable bonds is 4. The second-order valence-electron chi connectivity index (χ2n) is 6.20. The van der Waals surface area contributed by atoms with E-state index in [0.717, 1.165) is 5.01 Å². The molecule has 1 rings (SSSR count). The van der Waals surface area contributed by atoms with Gasteiger partial charge in [0.1, 0.15) is 11.0 Å². The molecule has 6 nitrogen and oxygen atoms in total. The molecule has 3 N–H and O–H groups in total. The average Bonchev–Trinajstić information content (AvgIpc) is 2.77. The summed E-state index contributed by atoms with van der Waals surface area (Å²) in [6, 6.07) is -1.48. The van der Waals surface area contributed by atoms with Crippen molar-refractivity contribution in [1.29, 1.82) is 0 Å². The summed E-state index contributed by atoms with van der Waals surface area (Å²) in [6.07, 6.45) is 1.66. The molecule has 0 aromatic carbocycles. The number of aromatic nitrogens is 1. The minimum Gasteiger partial charge on any atom is -0.480 e. The zero-order chi connectivity index (χ0) is 15.6. The molecule has 7 heteroatoms. The lowest BCUT2D eigenvalue weighted by atomic mass is 9.87. The topological polar surface area (TPSA) is 91.3 Å². The summed E-state index contributed by atoms with van der Waals surface area (Å²) in [6.45, 7) is 8.92. The molecule has 1 aromatic rings. The summed E-state index contributed by atoms with van der Waals surface area (Å²) < 4.78 is 0. The fourth-order valence-electron chi connectivity index (χ4n) is 1.69. The summed E-state index contributed by atoms with van der Waals surface area (Å²) in [7, 11) is 0. The van der Waals surface area contributed by atoms with Gasteiger partial charge in [0.2, 0.25) is 0 Å². The van der Waals surface area contributed by atoms with Crippen molar-refractivity contribution in [1.82, 2.24) is 15.6 Å². The minimum absolute atomic E-state index is 0.521. The third-order valence-electron chi connectivity index (χ3n) is 2.78. The molecule has 1 atom stereocenters. The van der Waals surface area contributed by atoms with Crippen LogP contribution in [0.1, 0.15) is 39.6 Å². The predicted molar refractivity (Wildman–Crippen MR) is 77.7 cm³/mol. The van der Waals surface area contributed by atoms with Crippen LogP contribution < -0.4 is 10.6 Å². The summed E-state index contributed by atoms with van der Waals surface area (Å²) in [5.74, 6) is -1.06. The van der Waals surface area contributed by atoms with Crippen LogP contribution in [0.25, 0.3) is 0 Å². The molecule has 0 radical (unpaired) electrons. The Balaban J connectivity index is 2.74. The molecule has 20 heavy (non-hydrogen) atoms. The Morgan fingerprint density at radius 1 is 1.30 bits per heavy atom. The number of urea groups is 1. The van der Waals surface area contributed by atoms with Gasteiger partial charge >= 0.3 is 12.0 Å². The first-order chi connectivity index (χ1) is 9.04. The molecule has 1 unspecified atom stereocenters. The minimum atomic E-state index is -1.06. The SMILES string of the molecule is CC(C)(NC(=O)NC(C(=O)O)C(C)(C)C)c1nccs1. The number of carbonyl (C=O) groups excluding carboxylic acids is 1. The summed E-state index contributed by atoms with van der Waals surface area (Å²) in [5, 5.41) is 17.0. The van der Waals surface area contributed by atoms with Gasteiger partial charge in [0, 0.05) is 11.6 Å². The number of nitrogens with zero attached hydrogens (tertiary/aromatic N) is 1. The van der Waals surface area contributed by atoms with Crippen molar-refractivity contribution in [2.45, 2.75) is 46.2 Å². The van der Waals surface area contributed by atoms with E-state index in [-0.39, 0.29) is 0 Å². The first kappa shape index (κ1) is 16.4. The van der Waals surface area contributed by atoms with Crippen LogP contribution in [-0.2, 0) is 10.3 Å². The number of thiazole rings is 1. The molecule has 0 spiro atoms. The van der Waals surface area contributed by atoms with E-state index >= 15 is 0 Å². The number of nitrogens with one attached hydrogen (secondary N) is 2. The van der Waals surface area contributed by atoms with Crippen molar-refractivity contribution >= 4 is 23.3 Å². The lowest BCUT2D eigenvalue weighted by molar-refractivity contribution is -0.141. The summed E-state index contributed by atoms with van der Waals surface area (Å²) in [5.41, 5.74) is -1.23. The second-order valence-corrected chi connectivity index (χ2v) is 7.09. The van der Waals surface area contributed by atoms with E-state index in [2.05, 4.69) is 15.6 Å². The maximum absolute atomic E-state index is 12.0. The zero-order valence-corrected chi connectivity index (χ0v) is 13.2. The highest BCUT2D eigenvalue weighted by molar-refractivity contribution is 7.09. The molecular formula is C13H21N3O3S. The highest BCUT2D eigenvalue weighted by Gasteiger charge is 2.34. The Hall–Kier alpha value is -1.63. The molecule has 0 saturated heterocycles. The van der Waals surface area contributed by atoms with E-state index in [1.807, 2.05) is 19.2 Å². The summed E-state index contributed by atoms with van der Waals surface area (Å²) >= 11 is 1.43. The van der Waals surface area contributed by atoms with Crippen LogP contribution in [0.5, 0.6) is 0 Å². The van der Waals surface area contributed by atoms with Gasteiger partial charge in [0.15, 0.2) is 0 Å². The Kier molecular flexibility index (Phi) is 4.75. The van der Waals surface area contributed by atoms with Crippen molar-refractivity contribution in [3.05, 3.63) is 16.6 Å². The highest BCUT2D eigenvalue weighted by Crippen LogP contribution is 2.23. The van der Waals surface area contributed by atoms with Crippen LogP contribution in [0.3, 0.4) is 0 Å². The van der Waals surface area contributed by atoms with Gasteiger partial charge in [-0.05, 0) is 19.3 Å². The molecule has 0 saturated carbocycles. The van der Waals surface area contributed by atoms with Crippen molar-refractivity contribution in [3.8, 4) is 0 Å². The third-order valence-corrected chi connectivity index (χ3v) is 3.88. The van der Waals surface area contributed by atoms with Gasteiger partial charge in [0.25, 0.3) is 0 Å². The van der Waals surface area contributed by atoms with E-state index in [1.165, 1.54) is 11.3 Å². The van der Waals surface area contributed by atoms with Crippen LogP contribution in [0.15, 0.2) is 11.6 Å². The van der Waals surface area contributed by atoms with Gasteiger partial charge in [-0.1, -0.05) is 20.8 Å². The molecule has 0 aliphatic rings.